The summed E-state index contributed by atoms with van der Waals surface area (Å²) in [7, 11) is 0. The minimum absolute atomic E-state index is 0.0972. The fourth-order valence-corrected chi connectivity index (χ4v) is 6.03. The second kappa shape index (κ2) is 8.55. The number of nitrogens with one attached hydrogen (secondary N) is 1. The number of hydrogen-bond acceptors (Lipinski definition) is 7. The predicted octanol–water partition coefficient (Wildman–Crippen LogP) is 4.97. The maximum atomic E-state index is 12.4. The number of amides is 1. The minimum atomic E-state index is -0.0972. The van der Waals surface area contributed by atoms with Crippen molar-refractivity contribution in [1.29, 1.82) is 0 Å². The number of thiophene rings is 1. The van der Waals surface area contributed by atoms with Crippen LogP contribution in [0.5, 0.6) is 0 Å². The molecule has 1 saturated carbocycles. The van der Waals surface area contributed by atoms with Gasteiger partial charge in [0.2, 0.25) is 5.91 Å². The number of carbonyl (C=O) groups is 1. The Balaban J connectivity index is 1.18. The summed E-state index contributed by atoms with van der Waals surface area (Å²) in [4.78, 5) is 14.9. The molecule has 5 rings (SSSR count). The molecule has 2 aliphatic rings. The number of rotatable bonds is 6. The van der Waals surface area contributed by atoms with Crippen LogP contribution in [0.15, 0.2) is 28.0 Å². The molecule has 2 aliphatic carbocycles. The Labute approximate surface area is 183 Å². The average molecular weight is 444 g/mol. The molecule has 3 heterocycles. The Hall–Kier alpha value is -2.13. The van der Waals surface area contributed by atoms with E-state index in [1.165, 1.54) is 41.5 Å². The van der Waals surface area contributed by atoms with Crippen LogP contribution >= 0.6 is 23.1 Å². The van der Waals surface area contributed by atoms with Crippen molar-refractivity contribution in [2.75, 3.05) is 11.1 Å². The lowest BCUT2D eigenvalue weighted by molar-refractivity contribution is -0.113. The van der Waals surface area contributed by atoms with Crippen LogP contribution in [-0.2, 0) is 17.6 Å². The number of nitrogens with zero attached hydrogens (tertiary/aromatic N) is 4. The summed E-state index contributed by atoms with van der Waals surface area (Å²) < 4.78 is 7.76. The third-order valence-corrected chi connectivity index (χ3v) is 7.93. The highest BCUT2D eigenvalue weighted by atomic mass is 32.2. The summed E-state index contributed by atoms with van der Waals surface area (Å²) in [6.45, 7) is 2.30. The first-order valence-electron chi connectivity index (χ1n) is 10.6. The van der Waals surface area contributed by atoms with Crippen LogP contribution in [0, 0.1) is 5.92 Å². The molecule has 1 fully saturated rings. The number of anilines is 1. The molecule has 3 aromatic rings. The van der Waals surface area contributed by atoms with E-state index in [1.54, 1.807) is 17.5 Å². The molecule has 1 unspecified atom stereocenters. The zero-order valence-electron chi connectivity index (χ0n) is 17.0. The molecule has 30 heavy (non-hydrogen) atoms. The lowest BCUT2D eigenvalue weighted by Gasteiger charge is -2.16. The van der Waals surface area contributed by atoms with E-state index in [-0.39, 0.29) is 11.7 Å². The largest absolute Gasteiger partial charge is 0.410 e. The second-order valence-corrected chi connectivity index (χ2v) is 10.3. The molecule has 7 nitrogen and oxygen atoms in total. The number of aromatic nitrogens is 4. The molecule has 0 aliphatic heterocycles. The van der Waals surface area contributed by atoms with Crippen molar-refractivity contribution in [3.05, 3.63) is 28.8 Å². The van der Waals surface area contributed by atoms with Crippen LogP contribution in [0.25, 0.3) is 10.8 Å². The molecule has 0 aromatic carbocycles. The molecule has 0 radical (unpaired) electrons. The molecule has 3 aromatic heterocycles. The first-order chi connectivity index (χ1) is 14.7. The van der Waals surface area contributed by atoms with Crippen molar-refractivity contribution in [1.82, 2.24) is 20.0 Å². The molecule has 158 valence electrons. The van der Waals surface area contributed by atoms with Gasteiger partial charge in [-0.15, -0.1) is 21.5 Å². The Morgan fingerprint density at radius 3 is 3.07 bits per heavy atom. The number of hydrogen-bond donors (Lipinski definition) is 1. The zero-order chi connectivity index (χ0) is 20.5. The van der Waals surface area contributed by atoms with Gasteiger partial charge in [0.1, 0.15) is 5.82 Å². The molecule has 0 spiro atoms. The third kappa shape index (κ3) is 4.18. The van der Waals surface area contributed by atoms with E-state index in [0.717, 1.165) is 42.3 Å². The highest BCUT2D eigenvalue weighted by Gasteiger charge is 2.22. The summed E-state index contributed by atoms with van der Waals surface area (Å²) in [5, 5.41) is 16.1. The lowest BCUT2D eigenvalue weighted by Crippen LogP contribution is -2.19. The van der Waals surface area contributed by atoms with Crippen molar-refractivity contribution in [3.63, 3.8) is 0 Å². The van der Waals surface area contributed by atoms with Gasteiger partial charge in [0, 0.05) is 10.9 Å². The van der Waals surface area contributed by atoms with E-state index in [2.05, 4.69) is 33.6 Å². The van der Waals surface area contributed by atoms with Crippen LogP contribution in [0.3, 0.4) is 0 Å². The van der Waals surface area contributed by atoms with Crippen molar-refractivity contribution in [2.24, 2.45) is 5.92 Å². The predicted molar refractivity (Wildman–Crippen MR) is 118 cm³/mol. The molecule has 1 N–H and O–H groups in total. The van der Waals surface area contributed by atoms with Gasteiger partial charge in [0.05, 0.1) is 22.9 Å². The summed E-state index contributed by atoms with van der Waals surface area (Å²) >= 11 is 3.01. The van der Waals surface area contributed by atoms with Gasteiger partial charge in [-0.3, -0.25) is 4.79 Å². The Kier molecular flexibility index (Phi) is 5.64. The summed E-state index contributed by atoms with van der Waals surface area (Å²) in [6, 6.07) is 4.43. The summed E-state index contributed by atoms with van der Waals surface area (Å²) in [6.07, 6.45) is 9.93. The quantitative estimate of drug-likeness (QED) is 0.542. The van der Waals surface area contributed by atoms with E-state index in [9.17, 15) is 4.79 Å². The number of fused-ring (bicyclic) bond motifs is 1. The number of aryl methyl sites for hydroxylation is 1. The Morgan fingerprint density at radius 2 is 2.20 bits per heavy atom. The minimum Gasteiger partial charge on any atom is -0.410 e. The molecule has 9 heteroatoms. The molecular weight excluding hydrogens is 418 g/mol. The topological polar surface area (TPSA) is 85.8 Å². The lowest BCUT2D eigenvalue weighted by atomic mass is 9.90. The monoisotopic (exact) mass is 443 g/mol. The fraction of sp³-hybridized carbons (Fsp3) is 0.524. The molecule has 0 bridgehead atoms. The van der Waals surface area contributed by atoms with Crippen molar-refractivity contribution in [2.45, 2.75) is 63.1 Å². The smallest absolute Gasteiger partial charge is 0.277 e. The fourth-order valence-electron chi connectivity index (χ4n) is 4.34. The molecule has 1 atom stereocenters. The van der Waals surface area contributed by atoms with Crippen molar-refractivity contribution >= 4 is 34.8 Å². The number of thioether (sulfide) groups is 1. The van der Waals surface area contributed by atoms with E-state index >= 15 is 0 Å². The first-order valence-corrected chi connectivity index (χ1v) is 12.4. The maximum absolute atomic E-state index is 12.4. The van der Waals surface area contributed by atoms with E-state index in [4.69, 9.17) is 4.42 Å². The highest BCUT2D eigenvalue weighted by Crippen LogP contribution is 2.37. The Bertz CT molecular complexity index is 1030. The first kappa shape index (κ1) is 19.8. The summed E-state index contributed by atoms with van der Waals surface area (Å²) in [5.41, 5.74) is 1.42. The highest BCUT2D eigenvalue weighted by molar-refractivity contribution is 7.99. The molecule has 0 saturated heterocycles. The van der Waals surface area contributed by atoms with E-state index < -0.39 is 0 Å². The zero-order valence-corrected chi connectivity index (χ0v) is 18.6. The van der Waals surface area contributed by atoms with Crippen LogP contribution in [0.2, 0.25) is 0 Å². The number of carbonyl (C=O) groups excluding carboxylic acids is 1. The SMILES string of the molecule is CC1CCc2sc(-c3nnc(SCC(=O)Nc4ccnn4C4CCCC4)o3)cc2C1. The van der Waals surface area contributed by atoms with Crippen LogP contribution in [0.1, 0.15) is 55.5 Å². The van der Waals surface area contributed by atoms with Crippen LogP contribution < -0.4 is 5.32 Å². The van der Waals surface area contributed by atoms with Gasteiger partial charge < -0.3 is 9.73 Å². The van der Waals surface area contributed by atoms with Gasteiger partial charge in [-0.1, -0.05) is 31.5 Å². The van der Waals surface area contributed by atoms with Crippen molar-refractivity contribution < 1.29 is 9.21 Å². The van der Waals surface area contributed by atoms with Gasteiger partial charge in [0.15, 0.2) is 0 Å². The van der Waals surface area contributed by atoms with Gasteiger partial charge in [-0.05, 0) is 49.7 Å². The third-order valence-electron chi connectivity index (χ3n) is 5.88. The van der Waals surface area contributed by atoms with Crippen LogP contribution in [-0.4, -0.2) is 31.6 Å². The van der Waals surface area contributed by atoms with Crippen molar-refractivity contribution in [3.8, 4) is 10.8 Å². The van der Waals surface area contributed by atoms with Gasteiger partial charge in [-0.2, -0.15) is 5.10 Å². The maximum Gasteiger partial charge on any atom is 0.277 e. The average Bonchev–Trinajstić information content (AvgIpc) is 3.51. The Morgan fingerprint density at radius 1 is 1.33 bits per heavy atom. The van der Waals surface area contributed by atoms with E-state index in [0.29, 0.717) is 17.2 Å². The van der Waals surface area contributed by atoms with Gasteiger partial charge >= 0.3 is 0 Å². The summed E-state index contributed by atoms with van der Waals surface area (Å²) in [5.74, 6) is 2.16. The van der Waals surface area contributed by atoms with Crippen LogP contribution in [0.4, 0.5) is 5.82 Å². The second-order valence-electron chi connectivity index (χ2n) is 8.22. The molecular formula is C21H25N5O2S2. The normalized spacial score (nSPS) is 19.2. The van der Waals surface area contributed by atoms with Gasteiger partial charge in [0.25, 0.3) is 11.1 Å². The van der Waals surface area contributed by atoms with Gasteiger partial charge in [-0.25, -0.2) is 4.68 Å². The van der Waals surface area contributed by atoms with E-state index in [1.807, 2.05) is 10.7 Å². The standard InChI is InChI=1S/C21H25N5O2S2/c1-13-6-7-16-14(10-13)11-17(30-16)20-24-25-21(28-20)29-12-19(27)23-18-8-9-22-26(18)15-4-2-3-5-15/h8-9,11,13,15H,2-7,10,12H2,1H3,(H,23,27). The molecule has 1 amide bonds.